The van der Waals surface area contributed by atoms with Gasteiger partial charge in [-0.15, -0.1) is 0 Å². The first-order valence-corrected chi connectivity index (χ1v) is 8.47. The highest BCUT2D eigenvalue weighted by Crippen LogP contribution is 2.32. The zero-order valence-electron chi connectivity index (χ0n) is 13.1. The first-order chi connectivity index (χ1) is 10.8. The number of hydrogen-bond acceptors (Lipinski definition) is 4. The van der Waals surface area contributed by atoms with Crippen molar-refractivity contribution in [2.75, 3.05) is 7.05 Å². The van der Waals surface area contributed by atoms with Gasteiger partial charge in [-0.1, -0.05) is 42.5 Å². The van der Waals surface area contributed by atoms with Gasteiger partial charge in [-0.05, 0) is 25.0 Å². The van der Waals surface area contributed by atoms with E-state index in [2.05, 4.69) is 0 Å². The third kappa shape index (κ3) is 3.25. The lowest BCUT2D eigenvalue weighted by Crippen LogP contribution is -2.30. The van der Waals surface area contributed by atoms with Crippen molar-refractivity contribution in [2.45, 2.75) is 24.8 Å². The quantitative estimate of drug-likeness (QED) is 0.621. The van der Waals surface area contributed by atoms with Gasteiger partial charge in [0, 0.05) is 19.2 Å². The third-order valence-corrected chi connectivity index (χ3v) is 5.97. The van der Waals surface area contributed by atoms with E-state index >= 15 is 0 Å². The number of rotatable bonds is 5. The fourth-order valence-electron chi connectivity index (χ4n) is 2.41. The Morgan fingerprint density at radius 2 is 1.70 bits per heavy atom. The summed E-state index contributed by atoms with van der Waals surface area (Å²) >= 11 is 0. The Balaban J connectivity index is 2.53. The molecule has 0 heterocycles. The first-order valence-electron chi connectivity index (χ1n) is 7.03. The van der Waals surface area contributed by atoms with Gasteiger partial charge in [-0.25, -0.2) is 8.42 Å². The number of hydrogen-bond donors (Lipinski definition) is 0. The summed E-state index contributed by atoms with van der Waals surface area (Å²) in [4.78, 5) is 10.3. The normalized spacial score (nSPS) is 13.0. The Morgan fingerprint density at radius 3 is 2.26 bits per heavy atom. The molecule has 2 aromatic rings. The standard InChI is InChI=1S/C16H18N2O4S/c1-12-8-7-11-15(18(19)20)16(12)23(21,22)17(3)13(2)14-9-5-4-6-10-14/h4-11,13H,1-3H3. The number of nitro benzene ring substituents is 1. The van der Waals surface area contributed by atoms with Crippen molar-refractivity contribution in [2.24, 2.45) is 0 Å². The average molecular weight is 334 g/mol. The Bertz CT molecular complexity index is 819. The lowest BCUT2D eigenvalue weighted by molar-refractivity contribution is -0.387. The van der Waals surface area contributed by atoms with E-state index in [1.54, 1.807) is 19.9 Å². The fraction of sp³-hybridized carbons (Fsp3) is 0.250. The fourth-order valence-corrected chi connectivity index (χ4v) is 4.12. The summed E-state index contributed by atoms with van der Waals surface area (Å²) in [6.07, 6.45) is 0. The molecule has 2 aromatic carbocycles. The Labute approximate surface area is 135 Å². The van der Waals surface area contributed by atoms with Crippen LogP contribution in [-0.2, 0) is 10.0 Å². The van der Waals surface area contributed by atoms with Gasteiger partial charge < -0.3 is 0 Å². The highest BCUT2D eigenvalue weighted by molar-refractivity contribution is 7.89. The minimum absolute atomic E-state index is 0.254. The summed E-state index contributed by atoms with van der Waals surface area (Å²) in [6.45, 7) is 3.30. The predicted molar refractivity (Wildman–Crippen MR) is 87.6 cm³/mol. The van der Waals surface area contributed by atoms with Gasteiger partial charge in [0.05, 0.1) is 4.92 Å². The van der Waals surface area contributed by atoms with Crippen LogP contribution in [0, 0.1) is 17.0 Å². The molecule has 7 heteroatoms. The van der Waals surface area contributed by atoms with E-state index < -0.39 is 26.7 Å². The van der Waals surface area contributed by atoms with Crippen LogP contribution in [0.1, 0.15) is 24.1 Å². The molecule has 0 amide bonds. The van der Waals surface area contributed by atoms with E-state index in [1.807, 2.05) is 30.3 Å². The summed E-state index contributed by atoms with van der Waals surface area (Å²) in [5, 5.41) is 11.2. The monoisotopic (exact) mass is 334 g/mol. The maximum atomic E-state index is 12.9. The number of benzene rings is 2. The molecule has 1 atom stereocenters. The van der Waals surface area contributed by atoms with Crippen LogP contribution in [0.3, 0.4) is 0 Å². The van der Waals surface area contributed by atoms with Gasteiger partial charge in [0.25, 0.3) is 5.69 Å². The van der Waals surface area contributed by atoms with Gasteiger partial charge in [0.2, 0.25) is 10.0 Å². The first kappa shape index (κ1) is 17.1. The molecular formula is C16H18N2O4S. The Kier molecular flexibility index (Phi) is 4.82. The van der Waals surface area contributed by atoms with Crippen molar-refractivity contribution in [3.8, 4) is 0 Å². The summed E-state index contributed by atoms with van der Waals surface area (Å²) < 4.78 is 27.0. The van der Waals surface area contributed by atoms with Gasteiger partial charge in [-0.3, -0.25) is 10.1 Å². The van der Waals surface area contributed by atoms with Gasteiger partial charge >= 0.3 is 0 Å². The summed E-state index contributed by atoms with van der Waals surface area (Å²) in [5.74, 6) is 0. The molecular weight excluding hydrogens is 316 g/mol. The highest BCUT2D eigenvalue weighted by Gasteiger charge is 2.33. The van der Waals surface area contributed by atoms with Crippen molar-refractivity contribution in [1.29, 1.82) is 0 Å². The molecule has 23 heavy (non-hydrogen) atoms. The van der Waals surface area contributed by atoms with Crippen molar-refractivity contribution in [3.63, 3.8) is 0 Å². The summed E-state index contributed by atoms with van der Waals surface area (Å²) in [6, 6.07) is 12.9. The Hall–Kier alpha value is -2.25. The molecule has 6 nitrogen and oxygen atoms in total. The second-order valence-corrected chi connectivity index (χ2v) is 7.22. The summed E-state index contributed by atoms with van der Waals surface area (Å²) in [5.41, 5.74) is 0.762. The molecule has 122 valence electrons. The van der Waals surface area contributed by atoms with E-state index in [1.165, 1.54) is 19.2 Å². The molecule has 0 saturated heterocycles. The van der Waals surface area contributed by atoms with Gasteiger partial charge in [-0.2, -0.15) is 4.31 Å². The van der Waals surface area contributed by atoms with Crippen LogP contribution in [0.4, 0.5) is 5.69 Å². The molecule has 0 aliphatic carbocycles. The van der Waals surface area contributed by atoms with E-state index in [-0.39, 0.29) is 4.90 Å². The van der Waals surface area contributed by atoms with Crippen LogP contribution in [0.2, 0.25) is 0 Å². The molecule has 0 spiro atoms. The molecule has 0 aliphatic heterocycles. The predicted octanol–water partition coefficient (Wildman–Crippen LogP) is 3.28. The second kappa shape index (κ2) is 6.47. The zero-order chi connectivity index (χ0) is 17.2. The zero-order valence-corrected chi connectivity index (χ0v) is 13.9. The van der Waals surface area contributed by atoms with Crippen LogP contribution < -0.4 is 0 Å². The third-order valence-electron chi connectivity index (χ3n) is 3.85. The number of nitrogens with zero attached hydrogens (tertiary/aromatic N) is 2. The number of sulfonamides is 1. The lowest BCUT2D eigenvalue weighted by atomic mass is 10.1. The van der Waals surface area contributed by atoms with Crippen molar-refractivity contribution in [1.82, 2.24) is 4.31 Å². The molecule has 0 aromatic heterocycles. The van der Waals surface area contributed by atoms with Crippen LogP contribution in [0.15, 0.2) is 53.4 Å². The molecule has 0 fully saturated rings. The minimum Gasteiger partial charge on any atom is -0.258 e. The smallest absolute Gasteiger partial charge is 0.258 e. The van der Waals surface area contributed by atoms with E-state index in [0.717, 1.165) is 9.87 Å². The van der Waals surface area contributed by atoms with Crippen LogP contribution >= 0.6 is 0 Å². The maximum absolute atomic E-state index is 12.9. The number of aryl methyl sites for hydroxylation is 1. The molecule has 0 aliphatic rings. The molecule has 0 saturated carbocycles. The van der Waals surface area contributed by atoms with Crippen LogP contribution in [0.5, 0.6) is 0 Å². The number of nitro groups is 1. The van der Waals surface area contributed by atoms with E-state index in [4.69, 9.17) is 0 Å². The molecule has 2 rings (SSSR count). The SMILES string of the molecule is Cc1cccc([N+](=O)[O-])c1S(=O)(=O)N(C)C(C)c1ccccc1. The van der Waals surface area contributed by atoms with Crippen LogP contribution in [-0.4, -0.2) is 24.7 Å². The van der Waals surface area contributed by atoms with Crippen LogP contribution in [0.25, 0.3) is 0 Å². The van der Waals surface area contributed by atoms with E-state index in [9.17, 15) is 18.5 Å². The maximum Gasteiger partial charge on any atom is 0.289 e. The Morgan fingerprint density at radius 1 is 1.09 bits per heavy atom. The molecule has 0 N–H and O–H groups in total. The minimum atomic E-state index is -4.00. The van der Waals surface area contributed by atoms with Gasteiger partial charge in [0.15, 0.2) is 4.90 Å². The highest BCUT2D eigenvalue weighted by atomic mass is 32.2. The molecule has 0 radical (unpaired) electrons. The second-order valence-electron chi connectivity index (χ2n) is 5.29. The van der Waals surface area contributed by atoms with E-state index in [0.29, 0.717) is 5.56 Å². The van der Waals surface area contributed by atoms with Crippen molar-refractivity contribution >= 4 is 15.7 Å². The van der Waals surface area contributed by atoms with Crippen molar-refractivity contribution in [3.05, 3.63) is 69.8 Å². The summed E-state index contributed by atoms with van der Waals surface area (Å²) in [7, 11) is -2.57. The topological polar surface area (TPSA) is 80.5 Å². The largest absolute Gasteiger partial charge is 0.289 e. The molecule has 0 bridgehead atoms. The van der Waals surface area contributed by atoms with Gasteiger partial charge in [0.1, 0.15) is 0 Å². The average Bonchev–Trinajstić information content (AvgIpc) is 2.53. The van der Waals surface area contributed by atoms with Crippen molar-refractivity contribution < 1.29 is 13.3 Å². The molecule has 1 unspecified atom stereocenters. The lowest BCUT2D eigenvalue weighted by Gasteiger charge is -2.25.